The smallest absolute Gasteiger partial charge is 0.114 e. The molecule has 2 unspecified atom stereocenters. The van der Waals surface area contributed by atoms with Crippen molar-refractivity contribution in [3.63, 3.8) is 0 Å². The van der Waals surface area contributed by atoms with Crippen molar-refractivity contribution >= 4 is 11.6 Å². The van der Waals surface area contributed by atoms with Gasteiger partial charge in [-0.25, -0.2) is 0 Å². The summed E-state index contributed by atoms with van der Waals surface area (Å²) >= 11 is 6.01. The number of aromatic nitrogens is 1. The Bertz CT molecular complexity index is 452. The first kappa shape index (κ1) is 10.2. The summed E-state index contributed by atoms with van der Waals surface area (Å²) in [5, 5.41) is 13.4. The monoisotopic (exact) mass is 238 g/mol. The molecule has 1 saturated heterocycles. The first-order valence-electron chi connectivity index (χ1n) is 5.59. The third kappa shape index (κ3) is 1.25. The number of aryl methyl sites for hydroxylation is 1. The summed E-state index contributed by atoms with van der Waals surface area (Å²) in [4.78, 5) is 3.17. The van der Waals surface area contributed by atoms with Crippen LogP contribution in [0.25, 0.3) is 0 Å². The fourth-order valence-electron chi connectivity index (χ4n) is 2.89. The van der Waals surface area contributed by atoms with Gasteiger partial charge in [0.25, 0.3) is 0 Å². The zero-order valence-corrected chi connectivity index (χ0v) is 9.88. The second-order valence-electron chi connectivity index (χ2n) is 4.64. The van der Waals surface area contributed by atoms with E-state index in [-0.39, 0.29) is 0 Å². The molecule has 1 aromatic rings. The van der Waals surface area contributed by atoms with Crippen molar-refractivity contribution < 1.29 is 5.11 Å². The van der Waals surface area contributed by atoms with Crippen LogP contribution in [0.2, 0.25) is 0 Å². The molecule has 2 heterocycles. The van der Waals surface area contributed by atoms with E-state index in [9.17, 15) is 5.11 Å². The zero-order valence-electron chi connectivity index (χ0n) is 9.13. The van der Waals surface area contributed by atoms with Crippen molar-refractivity contribution in [2.45, 2.75) is 18.9 Å². The zero-order chi connectivity index (χ0) is 11.3. The third-order valence-electron chi connectivity index (χ3n) is 3.68. The minimum Gasteiger partial charge on any atom is -0.388 e. The normalized spacial score (nSPS) is 31.7. The Labute approximate surface area is 99.5 Å². The molecule has 3 nitrogen and oxygen atoms in total. The van der Waals surface area contributed by atoms with Crippen LogP contribution in [0, 0.1) is 12.8 Å². The lowest BCUT2D eigenvalue weighted by Gasteiger charge is -2.25. The molecule has 0 amide bonds. The fourth-order valence-corrected chi connectivity index (χ4v) is 3.18. The van der Waals surface area contributed by atoms with Gasteiger partial charge in [-0.1, -0.05) is 0 Å². The molecule has 1 aromatic heterocycles. The highest BCUT2D eigenvalue weighted by Crippen LogP contribution is 2.44. The lowest BCUT2D eigenvalue weighted by molar-refractivity contribution is 0.217. The molecule has 3 atom stereocenters. The summed E-state index contributed by atoms with van der Waals surface area (Å²) < 4.78 is 0. The molecule has 1 aliphatic heterocycles. The number of halogens is 1. The van der Waals surface area contributed by atoms with E-state index in [4.69, 9.17) is 11.6 Å². The lowest BCUT2D eigenvalue weighted by atomic mass is 9.81. The summed E-state index contributed by atoms with van der Waals surface area (Å²) in [7, 11) is 0. The maximum absolute atomic E-state index is 10.0. The number of alkyl halides is 1. The number of aliphatic hydroxyl groups is 1. The first-order valence-corrected chi connectivity index (χ1v) is 6.13. The largest absolute Gasteiger partial charge is 0.388 e. The Kier molecular flexibility index (Phi) is 2.26. The van der Waals surface area contributed by atoms with Crippen LogP contribution in [0.3, 0.4) is 0 Å². The number of hydrogen-bond donors (Lipinski definition) is 3. The van der Waals surface area contributed by atoms with Crippen LogP contribution in [0.15, 0.2) is 18.0 Å². The standard InChI is InChI=1S/C12H15ClN2O/c1-6-4-15-12-9(16)2-8-11(10(6)12)7(3-13)5-14-8/h2,4,7,9,11,14-16H,3,5H2,1H3/t7-,9?,11?/m1/s1. The summed E-state index contributed by atoms with van der Waals surface area (Å²) in [5.41, 5.74) is 4.52. The summed E-state index contributed by atoms with van der Waals surface area (Å²) in [5.74, 6) is 1.41. The van der Waals surface area contributed by atoms with Gasteiger partial charge in [-0.3, -0.25) is 0 Å². The SMILES string of the molecule is Cc1c[nH]c2c1C1C(=CC2O)NC[C@H]1CCl. The van der Waals surface area contributed by atoms with E-state index in [0.717, 1.165) is 17.9 Å². The maximum atomic E-state index is 10.0. The van der Waals surface area contributed by atoms with Crippen LogP contribution in [0.5, 0.6) is 0 Å². The van der Waals surface area contributed by atoms with E-state index >= 15 is 0 Å². The van der Waals surface area contributed by atoms with Crippen LogP contribution in [-0.2, 0) is 0 Å². The van der Waals surface area contributed by atoms with Gasteiger partial charge in [-0.2, -0.15) is 0 Å². The predicted octanol–water partition coefficient (Wildman–Crippen LogP) is 1.80. The van der Waals surface area contributed by atoms with Gasteiger partial charge in [0.15, 0.2) is 0 Å². The van der Waals surface area contributed by atoms with Crippen molar-refractivity contribution in [2.75, 3.05) is 12.4 Å². The van der Waals surface area contributed by atoms with Crippen LogP contribution in [-0.4, -0.2) is 22.5 Å². The molecule has 0 radical (unpaired) electrons. The second-order valence-corrected chi connectivity index (χ2v) is 4.95. The molecule has 2 aliphatic rings. The number of fused-ring (bicyclic) bond motifs is 3. The van der Waals surface area contributed by atoms with Crippen molar-refractivity contribution in [1.29, 1.82) is 0 Å². The van der Waals surface area contributed by atoms with Crippen molar-refractivity contribution in [2.24, 2.45) is 5.92 Å². The van der Waals surface area contributed by atoms with Gasteiger partial charge in [0.05, 0.1) is 5.69 Å². The number of rotatable bonds is 1. The molecule has 0 aromatic carbocycles. The van der Waals surface area contributed by atoms with E-state index in [2.05, 4.69) is 17.2 Å². The minimum absolute atomic E-state index is 0.335. The molecule has 4 heteroatoms. The van der Waals surface area contributed by atoms with Gasteiger partial charge < -0.3 is 15.4 Å². The molecular weight excluding hydrogens is 224 g/mol. The predicted molar refractivity (Wildman–Crippen MR) is 63.5 cm³/mol. The van der Waals surface area contributed by atoms with Crippen molar-refractivity contribution in [3.05, 3.63) is 34.8 Å². The lowest BCUT2D eigenvalue weighted by Crippen LogP contribution is -2.18. The van der Waals surface area contributed by atoms with Crippen LogP contribution >= 0.6 is 11.6 Å². The molecule has 86 valence electrons. The maximum Gasteiger partial charge on any atom is 0.114 e. The van der Waals surface area contributed by atoms with Crippen molar-refractivity contribution in [3.8, 4) is 0 Å². The average molecular weight is 239 g/mol. The molecule has 1 fully saturated rings. The van der Waals surface area contributed by atoms with E-state index in [1.165, 1.54) is 11.1 Å². The summed E-state index contributed by atoms with van der Waals surface area (Å²) in [6.45, 7) is 2.98. The minimum atomic E-state index is -0.517. The fraction of sp³-hybridized carbons (Fsp3) is 0.500. The molecule has 16 heavy (non-hydrogen) atoms. The van der Waals surface area contributed by atoms with Crippen LogP contribution in [0.1, 0.15) is 28.8 Å². The Morgan fingerprint density at radius 3 is 3.12 bits per heavy atom. The highest BCUT2D eigenvalue weighted by atomic mass is 35.5. The van der Waals surface area contributed by atoms with E-state index < -0.39 is 6.10 Å². The van der Waals surface area contributed by atoms with Gasteiger partial charge in [0.1, 0.15) is 6.10 Å². The van der Waals surface area contributed by atoms with Crippen LogP contribution < -0.4 is 5.32 Å². The second kappa shape index (κ2) is 3.54. The van der Waals surface area contributed by atoms with Gasteiger partial charge >= 0.3 is 0 Å². The molecule has 3 rings (SSSR count). The van der Waals surface area contributed by atoms with E-state index in [0.29, 0.717) is 17.7 Å². The van der Waals surface area contributed by atoms with Gasteiger partial charge in [0.2, 0.25) is 0 Å². The highest BCUT2D eigenvalue weighted by Gasteiger charge is 2.39. The van der Waals surface area contributed by atoms with Gasteiger partial charge in [-0.15, -0.1) is 11.6 Å². The van der Waals surface area contributed by atoms with Crippen molar-refractivity contribution in [1.82, 2.24) is 10.3 Å². The highest BCUT2D eigenvalue weighted by molar-refractivity contribution is 6.18. The number of H-pyrrole nitrogens is 1. The Morgan fingerprint density at radius 1 is 1.56 bits per heavy atom. The number of nitrogens with one attached hydrogen (secondary N) is 2. The van der Waals surface area contributed by atoms with Gasteiger partial charge in [0, 0.05) is 36.2 Å². The molecular formula is C12H15ClN2O. The molecule has 0 saturated carbocycles. The molecule has 3 N–H and O–H groups in total. The number of aliphatic hydroxyl groups excluding tert-OH is 1. The topological polar surface area (TPSA) is 48.0 Å². The Balaban J connectivity index is 2.13. The number of hydrogen-bond acceptors (Lipinski definition) is 2. The average Bonchev–Trinajstić information content (AvgIpc) is 2.82. The van der Waals surface area contributed by atoms with Gasteiger partial charge in [-0.05, 0) is 24.1 Å². The van der Waals surface area contributed by atoms with Crippen LogP contribution in [0.4, 0.5) is 0 Å². The first-order chi connectivity index (χ1) is 7.72. The third-order valence-corrected chi connectivity index (χ3v) is 4.07. The summed E-state index contributed by atoms with van der Waals surface area (Å²) in [6, 6.07) is 0. The number of aromatic amines is 1. The van der Waals surface area contributed by atoms with E-state index in [1.54, 1.807) is 0 Å². The van der Waals surface area contributed by atoms with E-state index in [1.807, 2.05) is 12.3 Å². The summed E-state index contributed by atoms with van der Waals surface area (Å²) in [6.07, 6.45) is 3.35. The molecule has 1 aliphatic carbocycles. The number of allylic oxidation sites excluding steroid dienone is 1. The Morgan fingerprint density at radius 2 is 2.38 bits per heavy atom. The quantitative estimate of drug-likeness (QED) is 0.654. The molecule has 0 spiro atoms. The Hall–Kier alpha value is -0.930. The molecule has 0 bridgehead atoms.